The second-order valence-electron chi connectivity index (χ2n) is 8.40. The normalized spacial score (nSPS) is 18.9. The van der Waals surface area contributed by atoms with E-state index in [0.29, 0.717) is 0 Å². The van der Waals surface area contributed by atoms with Crippen molar-refractivity contribution in [2.75, 3.05) is 18.4 Å². The van der Waals surface area contributed by atoms with Gasteiger partial charge in [0.2, 0.25) is 5.91 Å². The van der Waals surface area contributed by atoms with Crippen molar-refractivity contribution in [3.63, 3.8) is 0 Å². The summed E-state index contributed by atoms with van der Waals surface area (Å²) in [6.07, 6.45) is 5.41. The number of likely N-dealkylation sites (tertiary alicyclic amines) is 1. The topological polar surface area (TPSA) is 50.2 Å². The SMILES string of the molecule is O=C(Nc1ccccc1)C1CCCN(Cc2nn(-c3ccccc3)c3c2CCC3)C1. The third-order valence-corrected chi connectivity index (χ3v) is 6.31. The predicted molar refractivity (Wildman–Crippen MR) is 119 cm³/mol. The maximum Gasteiger partial charge on any atom is 0.228 e. The predicted octanol–water partition coefficient (Wildman–Crippen LogP) is 4.21. The fourth-order valence-electron chi connectivity index (χ4n) is 4.81. The van der Waals surface area contributed by atoms with Crippen molar-refractivity contribution in [1.82, 2.24) is 14.7 Å². The summed E-state index contributed by atoms with van der Waals surface area (Å²) >= 11 is 0. The highest BCUT2D eigenvalue weighted by Gasteiger charge is 2.29. The molecule has 0 saturated carbocycles. The molecule has 1 N–H and O–H groups in total. The van der Waals surface area contributed by atoms with Gasteiger partial charge in [-0.25, -0.2) is 4.68 Å². The first-order valence-electron chi connectivity index (χ1n) is 11.0. The van der Waals surface area contributed by atoms with Gasteiger partial charge >= 0.3 is 0 Å². The maximum absolute atomic E-state index is 12.8. The van der Waals surface area contributed by atoms with E-state index in [2.05, 4.69) is 39.2 Å². The fraction of sp³-hybridized carbons (Fsp3) is 0.360. The lowest BCUT2D eigenvalue weighted by molar-refractivity contribution is -0.121. The van der Waals surface area contributed by atoms with Crippen LogP contribution in [0.3, 0.4) is 0 Å². The van der Waals surface area contributed by atoms with Crippen LogP contribution in [0.1, 0.15) is 36.2 Å². The molecule has 2 heterocycles. The number of hydrogen-bond donors (Lipinski definition) is 1. The molecule has 30 heavy (non-hydrogen) atoms. The second-order valence-corrected chi connectivity index (χ2v) is 8.40. The average molecular weight is 401 g/mol. The molecule has 1 amide bonds. The number of benzene rings is 2. The minimum absolute atomic E-state index is 0.0308. The number of nitrogens with one attached hydrogen (secondary N) is 1. The first-order chi connectivity index (χ1) is 14.8. The Hall–Kier alpha value is -2.92. The Morgan fingerprint density at radius 3 is 2.57 bits per heavy atom. The van der Waals surface area contributed by atoms with Crippen molar-refractivity contribution in [2.24, 2.45) is 5.92 Å². The molecule has 1 unspecified atom stereocenters. The lowest BCUT2D eigenvalue weighted by Gasteiger charge is -2.31. The number of piperidine rings is 1. The zero-order valence-electron chi connectivity index (χ0n) is 17.3. The van der Waals surface area contributed by atoms with Crippen molar-refractivity contribution in [3.05, 3.63) is 77.6 Å². The van der Waals surface area contributed by atoms with Gasteiger partial charge in [0.15, 0.2) is 0 Å². The summed E-state index contributed by atoms with van der Waals surface area (Å²) in [6, 6.07) is 20.2. The van der Waals surface area contributed by atoms with Crippen LogP contribution in [0, 0.1) is 5.92 Å². The van der Waals surface area contributed by atoms with Gasteiger partial charge < -0.3 is 5.32 Å². The molecular formula is C25H28N4O. The number of fused-ring (bicyclic) bond motifs is 1. The molecular weight excluding hydrogens is 372 g/mol. The number of aromatic nitrogens is 2. The van der Waals surface area contributed by atoms with Crippen molar-refractivity contribution in [3.8, 4) is 5.69 Å². The van der Waals surface area contributed by atoms with Gasteiger partial charge in [0, 0.05) is 24.5 Å². The number of rotatable bonds is 5. The molecule has 1 aromatic heterocycles. The Labute approximate surface area is 177 Å². The molecule has 1 fully saturated rings. The summed E-state index contributed by atoms with van der Waals surface area (Å²) in [5.74, 6) is 0.161. The average Bonchev–Trinajstić information content (AvgIpc) is 3.39. The van der Waals surface area contributed by atoms with E-state index < -0.39 is 0 Å². The molecule has 5 heteroatoms. The van der Waals surface area contributed by atoms with Crippen LogP contribution in [0.25, 0.3) is 5.69 Å². The minimum atomic E-state index is 0.0308. The van der Waals surface area contributed by atoms with Gasteiger partial charge in [0.05, 0.1) is 17.3 Å². The molecule has 2 aliphatic rings. The van der Waals surface area contributed by atoms with E-state index in [4.69, 9.17) is 5.10 Å². The van der Waals surface area contributed by atoms with Gasteiger partial charge in [-0.1, -0.05) is 36.4 Å². The number of amides is 1. The van der Waals surface area contributed by atoms with Gasteiger partial charge in [0.25, 0.3) is 0 Å². The van der Waals surface area contributed by atoms with Crippen molar-refractivity contribution >= 4 is 11.6 Å². The van der Waals surface area contributed by atoms with Crippen molar-refractivity contribution < 1.29 is 4.79 Å². The van der Waals surface area contributed by atoms with Crippen LogP contribution in [0.15, 0.2) is 60.7 Å². The summed E-state index contributed by atoms with van der Waals surface area (Å²) in [6.45, 7) is 2.66. The molecule has 5 rings (SSSR count). The standard InChI is InChI=1S/C25H28N4O/c30-25(26-20-10-3-1-4-11-20)19-9-8-16-28(17-19)18-23-22-14-7-15-24(22)29(27-23)21-12-5-2-6-13-21/h1-6,10-13,19H,7-9,14-18H2,(H,26,30). The van der Waals surface area contributed by atoms with Crippen LogP contribution < -0.4 is 5.32 Å². The molecule has 0 bridgehead atoms. The van der Waals surface area contributed by atoms with Gasteiger partial charge in [-0.05, 0) is 68.5 Å². The zero-order chi connectivity index (χ0) is 20.3. The van der Waals surface area contributed by atoms with Gasteiger partial charge in [-0.3, -0.25) is 9.69 Å². The smallest absolute Gasteiger partial charge is 0.228 e. The van der Waals surface area contributed by atoms with Crippen LogP contribution in [-0.4, -0.2) is 33.7 Å². The third-order valence-electron chi connectivity index (χ3n) is 6.31. The van der Waals surface area contributed by atoms with Gasteiger partial charge in [0.1, 0.15) is 0 Å². The van der Waals surface area contributed by atoms with E-state index in [1.807, 2.05) is 36.4 Å². The van der Waals surface area contributed by atoms with E-state index in [1.165, 1.54) is 23.4 Å². The fourth-order valence-corrected chi connectivity index (χ4v) is 4.81. The van der Waals surface area contributed by atoms with Crippen molar-refractivity contribution in [2.45, 2.75) is 38.6 Å². The minimum Gasteiger partial charge on any atom is -0.326 e. The lowest BCUT2D eigenvalue weighted by Crippen LogP contribution is -2.40. The van der Waals surface area contributed by atoms with Gasteiger partial charge in [-0.15, -0.1) is 0 Å². The zero-order valence-corrected chi connectivity index (χ0v) is 17.3. The van der Waals surface area contributed by atoms with Crippen LogP contribution in [-0.2, 0) is 24.2 Å². The van der Waals surface area contributed by atoms with E-state index in [9.17, 15) is 4.79 Å². The largest absolute Gasteiger partial charge is 0.326 e. The van der Waals surface area contributed by atoms with Crippen LogP contribution in [0.4, 0.5) is 5.69 Å². The summed E-state index contributed by atoms with van der Waals surface area (Å²) < 4.78 is 2.14. The number of nitrogens with zero attached hydrogens (tertiary/aromatic N) is 3. The number of carbonyl (C=O) groups is 1. The van der Waals surface area contributed by atoms with E-state index in [-0.39, 0.29) is 11.8 Å². The highest BCUT2D eigenvalue weighted by atomic mass is 16.1. The number of hydrogen-bond acceptors (Lipinski definition) is 3. The number of carbonyl (C=O) groups excluding carboxylic acids is 1. The Kier molecular flexibility index (Phi) is 5.37. The molecule has 2 aromatic carbocycles. The summed E-state index contributed by atoms with van der Waals surface area (Å²) in [4.78, 5) is 15.2. The molecule has 0 spiro atoms. The van der Waals surface area contributed by atoms with E-state index in [0.717, 1.165) is 56.7 Å². The molecule has 1 aliphatic carbocycles. The highest BCUT2D eigenvalue weighted by molar-refractivity contribution is 5.92. The number of para-hydroxylation sites is 2. The molecule has 1 saturated heterocycles. The molecule has 3 aromatic rings. The molecule has 0 radical (unpaired) electrons. The van der Waals surface area contributed by atoms with E-state index in [1.54, 1.807) is 0 Å². The quantitative estimate of drug-likeness (QED) is 0.698. The first kappa shape index (κ1) is 19.1. The van der Waals surface area contributed by atoms with Crippen LogP contribution in [0.2, 0.25) is 0 Å². The number of anilines is 1. The maximum atomic E-state index is 12.8. The Bertz CT molecular complexity index is 1010. The van der Waals surface area contributed by atoms with Gasteiger partial charge in [-0.2, -0.15) is 5.10 Å². The lowest BCUT2D eigenvalue weighted by atomic mass is 9.96. The Balaban J connectivity index is 1.30. The first-order valence-corrected chi connectivity index (χ1v) is 11.0. The van der Waals surface area contributed by atoms with Crippen LogP contribution in [0.5, 0.6) is 0 Å². The molecule has 154 valence electrons. The second kappa shape index (κ2) is 8.44. The molecule has 1 atom stereocenters. The monoisotopic (exact) mass is 400 g/mol. The van der Waals surface area contributed by atoms with Crippen molar-refractivity contribution in [1.29, 1.82) is 0 Å². The summed E-state index contributed by atoms with van der Waals surface area (Å²) in [7, 11) is 0. The summed E-state index contributed by atoms with van der Waals surface area (Å²) in [5, 5.41) is 8.09. The highest BCUT2D eigenvalue weighted by Crippen LogP contribution is 2.29. The van der Waals surface area contributed by atoms with E-state index >= 15 is 0 Å². The molecule has 1 aliphatic heterocycles. The van der Waals surface area contributed by atoms with Crippen LogP contribution >= 0.6 is 0 Å². The Morgan fingerprint density at radius 2 is 1.77 bits per heavy atom. The summed E-state index contributed by atoms with van der Waals surface area (Å²) in [5.41, 5.74) is 6.00. The Morgan fingerprint density at radius 1 is 1.00 bits per heavy atom. The third kappa shape index (κ3) is 3.90. The molecule has 5 nitrogen and oxygen atoms in total.